The predicted octanol–water partition coefficient (Wildman–Crippen LogP) is 1.71. The lowest BCUT2D eigenvalue weighted by Crippen LogP contribution is -2.01. The van der Waals surface area contributed by atoms with Crippen molar-refractivity contribution in [1.29, 1.82) is 0 Å². The lowest BCUT2D eigenvalue weighted by Gasteiger charge is -1.89. The number of aromatic amines is 1. The highest BCUT2D eigenvalue weighted by molar-refractivity contribution is 7.08. The fourth-order valence-corrected chi connectivity index (χ4v) is 1.64. The Morgan fingerprint density at radius 2 is 2.29 bits per heavy atom. The number of hydrogen-bond acceptors (Lipinski definition) is 4. The molecule has 0 fully saturated rings. The number of carbonyl (C=O) groups excluding carboxylic acids is 1. The topological polar surface area (TPSA) is 58.6 Å². The van der Waals surface area contributed by atoms with Crippen molar-refractivity contribution in [2.24, 2.45) is 0 Å². The number of carbonyl (C=O) groups is 1. The molecule has 0 spiro atoms. The second-order valence-corrected chi connectivity index (χ2v) is 3.83. The van der Waals surface area contributed by atoms with Crippen molar-refractivity contribution in [3.63, 3.8) is 0 Å². The van der Waals surface area contributed by atoms with Gasteiger partial charge in [-0.3, -0.25) is 4.79 Å². The highest BCUT2D eigenvalue weighted by atomic mass is 32.1. The van der Waals surface area contributed by atoms with E-state index < -0.39 is 0 Å². The molecule has 0 bridgehead atoms. The van der Waals surface area contributed by atoms with Crippen LogP contribution in [0.15, 0.2) is 12.3 Å². The van der Waals surface area contributed by atoms with Crippen LogP contribution in [0, 0.1) is 13.8 Å². The van der Waals surface area contributed by atoms with E-state index in [1.165, 1.54) is 11.5 Å². The van der Waals surface area contributed by atoms with E-state index in [2.05, 4.69) is 14.3 Å². The second-order valence-electron chi connectivity index (χ2n) is 3.00. The van der Waals surface area contributed by atoms with E-state index in [0.717, 1.165) is 11.4 Å². The Kier molecular flexibility index (Phi) is 2.17. The lowest BCUT2D eigenvalue weighted by atomic mass is 10.3. The SMILES string of the molecule is Cc1nc(C(=O)c2ccns2)[nH]c1C. The fraction of sp³-hybridized carbons (Fsp3) is 0.222. The molecule has 0 aliphatic rings. The first kappa shape index (κ1) is 9.08. The van der Waals surface area contributed by atoms with Gasteiger partial charge in [-0.1, -0.05) is 0 Å². The third-order valence-electron chi connectivity index (χ3n) is 2.00. The highest BCUT2D eigenvalue weighted by Crippen LogP contribution is 2.12. The maximum absolute atomic E-state index is 11.7. The van der Waals surface area contributed by atoms with Crippen molar-refractivity contribution < 1.29 is 4.79 Å². The van der Waals surface area contributed by atoms with Gasteiger partial charge in [-0.15, -0.1) is 0 Å². The zero-order valence-electron chi connectivity index (χ0n) is 7.87. The summed E-state index contributed by atoms with van der Waals surface area (Å²) in [7, 11) is 0. The molecule has 4 nitrogen and oxygen atoms in total. The van der Waals surface area contributed by atoms with Gasteiger partial charge in [0.1, 0.15) is 0 Å². The Morgan fingerprint density at radius 3 is 2.79 bits per heavy atom. The molecule has 0 aromatic carbocycles. The van der Waals surface area contributed by atoms with Crippen LogP contribution < -0.4 is 0 Å². The molecule has 0 unspecified atom stereocenters. The lowest BCUT2D eigenvalue weighted by molar-refractivity contribution is 0.103. The molecule has 0 aliphatic heterocycles. The van der Waals surface area contributed by atoms with Gasteiger partial charge in [0.15, 0.2) is 5.82 Å². The molecule has 14 heavy (non-hydrogen) atoms. The van der Waals surface area contributed by atoms with Gasteiger partial charge < -0.3 is 4.98 Å². The molecule has 0 saturated carbocycles. The number of H-pyrrole nitrogens is 1. The number of aromatic nitrogens is 3. The standard InChI is InChI=1S/C9H9N3OS/c1-5-6(2)12-9(11-5)8(13)7-3-4-10-14-7/h3-4H,1-2H3,(H,11,12). The first-order valence-corrected chi connectivity index (χ1v) is 4.94. The minimum Gasteiger partial charge on any atom is -0.339 e. The van der Waals surface area contributed by atoms with Crippen molar-refractivity contribution in [2.45, 2.75) is 13.8 Å². The van der Waals surface area contributed by atoms with Gasteiger partial charge in [0.05, 0.1) is 10.6 Å². The van der Waals surface area contributed by atoms with Gasteiger partial charge in [-0.05, 0) is 31.4 Å². The number of nitrogens with zero attached hydrogens (tertiary/aromatic N) is 2. The summed E-state index contributed by atoms with van der Waals surface area (Å²) in [4.78, 5) is 19.5. The molecule has 0 atom stereocenters. The maximum Gasteiger partial charge on any atom is 0.239 e. The fourth-order valence-electron chi connectivity index (χ4n) is 1.10. The quantitative estimate of drug-likeness (QED) is 0.763. The largest absolute Gasteiger partial charge is 0.339 e. The highest BCUT2D eigenvalue weighted by Gasteiger charge is 2.15. The van der Waals surface area contributed by atoms with Crippen molar-refractivity contribution in [3.8, 4) is 0 Å². The number of ketones is 1. The third kappa shape index (κ3) is 1.46. The summed E-state index contributed by atoms with van der Waals surface area (Å²) in [6.07, 6.45) is 1.61. The van der Waals surface area contributed by atoms with Crippen LogP contribution in [0.25, 0.3) is 0 Å². The van der Waals surface area contributed by atoms with Gasteiger partial charge in [-0.2, -0.15) is 0 Å². The van der Waals surface area contributed by atoms with E-state index in [1.807, 2.05) is 13.8 Å². The number of aryl methyl sites for hydroxylation is 2. The maximum atomic E-state index is 11.7. The predicted molar refractivity (Wildman–Crippen MR) is 53.6 cm³/mol. The zero-order valence-corrected chi connectivity index (χ0v) is 8.68. The van der Waals surface area contributed by atoms with E-state index in [4.69, 9.17) is 0 Å². The Balaban J connectivity index is 2.37. The Hall–Kier alpha value is -1.49. The van der Waals surface area contributed by atoms with Crippen LogP contribution in [0.2, 0.25) is 0 Å². The first-order chi connectivity index (χ1) is 6.68. The normalized spacial score (nSPS) is 10.4. The molecule has 5 heteroatoms. The van der Waals surface area contributed by atoms with Gasteiger partial charge in [0, 0.05) is 11.9 Å². The minimum atomic E-state index is -0.0938. The summed E-state index contributed by atoms with van der Waals surface area (Å²) in [5, 5.41) is 0. The third-order valence-corrected chi connectivity index (χ3v) is 2.75. The van der Waals surface area contributed by atoms with Crippen LogP contribution in [0.3, 0.4) is 0 Å². The van der Waals surface area contributed by atoms with Crippen molar-refractivity contribution in [3.05, 3.63) is 34.4 Å². The summed E-state index contributed by atoms with van der Waals surface area (Å²) in [6, 6.07) is 1.69. The number of imidazole rings is 1. The molecule has 0 saturated heterocycles. The van der Waals surface area contributed by atoms with Crippen LogP contribution >= 0.6 is 11.5 Å². The molecular weight excluding hydrogens is 198 g/mol. The van der Waals surface area contributed by atoms with Crippen LogP contribution in [0.4, 0.5) is 0 Å². The molecule has 2 heterocycles. The summed E-state index contributed by atoms with van der Waals surface area (Å²) in [5.41, 5.74) is 1.79. The summed E-state index contributed by atoms with van der Waals surface area (Å²) in [6.45, 7) is 3.76. The summed E-state index contributed by atoms with van der Waals surface area (Å²) in [5.74, 6) is 0.299. The molecule has 1 N–H and O–H groups in total. The average molecular weight is 207 g/mol. The molecule has 2 aromatic rings. The van der Waals surface area contributed by atoms with E-state index >= 15 is 0 Å². The van der Waals surface area contributed by atoms with Crippen LogP contribution in [0.5, 0.6) is 0 Å². The van der Waals surface area contributed by atoms with Crippen LogP contribution in [0.1, 0.15) is 26.9 Å². The van der Waals surface area contributed by atoms with Crippen molar-refractivity contribution in [2.75, 3.05) is 0 Å². The van der Waals surface area contributed by atoms with Gasteiger partial charge in [-0.25, -0.2) is 9.36 Å². The molecular formula is C9H9N3OS. The summed E-state index contributed by atoms with van der Waals surface area (Å²) >= 11 is 1.18. The van der Waals surface area contributed by atoms with Crippen LogP contribution in [-0.2, 0) is 0 Å². The van der Waals surface area contributed by atoms with Gasteiger partial charge in [0.2, 0.25) is 5.78 Å². The monoisotopic (exact) mass is 207 g/mol. The molecule has 0 aliphatic carbocycles. The van der Waals surface area contributed by atoms with Crippen molar-refractivity contribution >= 4 is 17.3 Å². The second kappa shape index (κ2) is 3.34. The molecule has 0 amide bonds. The van der Waals surface area contributed by atoms with Gasteiger partial charge >= 0.3 is 0 Å². The molecule has 2 aromatic heterocycles. The smallest absolute Gasteiger partial charge is 0.239 e. The van der Waals surface area contributed by atoms with Gasteiger partial charge in [0.25, 0.3) is 0 Å². The Bertz CT molecular complexity index is 439. The number of nitrogens with one attached hydrogen (secondary N) is 1. The Labute approximate surface area is 85.2 Å². The van der Waals surface area contributed by atoms with E-state index in [0.29, 0.717) is 10.7 Å². The molecule has 2 rings (SSSR count). The first-order valence-electron chi connectivity index (χ1n) is 4.17. The van der Waals surface area contributed by atoms with Crippen molar-refractivity contribution in [1.82, 2.24) is 14.3 Å². The molecule has 0 radical (unpaired) electrons. The van der Waals surface area contributed by atoms with E-state index in [1.54, 1.807) is 12.3 Å². The average Bonchev–Trinajstić information content (AvgIpc) is 2.76. The van der Waals surface area contributed by atoms with E-state index in [9.17, 15) is 4.79 Å². The van der Waals surface area contributed by atoms with Crippen LogP contribution in [-0.4, -0.2) is 20.1 Å². The number of rotatable bonds is 2. The summed E-state index contributed by atoms with van der Waals surface area (Å²) < 4.78 is 3.88. The number of hydrogen-bond donors (Lipinski definition) is 1. The molecule has 72 valence electrons. The minimum absolute atomic E-state index is 0.0938. The van der Waals surface area contributed by atoms with E-state index in [-0.39, 0.29) is 5.78 Å². The zero-order chi connectivity index (χ0) is 10.1. The Morgan fingerprint density at radius 1 is 1.50 bits per heavy atom.